The molecule has 0 heterocycles. The summed E-state index contributed by atoms with van der Waals surface area (Å²) in [7, 11) is 0. The van der Waals surface area contributed by atoms with Gasteiger partial charge in [-0.05, 0) is 43.9 Å². The fraction of sp³-hybridized carbons (Fsp3) is 0.812. The molecule has 0 radical (unpaired) electrons. The van der Waals surface area contributed by atoms with E-state index >= 15 is 0 Å². The van der Waals surface area contributed by atoms with Gasteiger partial charge < -0.3 is 10.4 Å². The Morgan fingerprint density at radius 3 is 2.36 bits per heavy atom. The predicted octanol–water partition coefficient (Wildman–Crippen LogP) is 3.46. The lowest BCUT2D eigenvalue weighted by Gasteiger charge is -2.35. The Morgan fingerprint density at radius 1 is 1.09 bits per heavy atom. The van der Waals surface area contributed by atoms with E-state index in [1.54, 1.807) is 0 Å². The Morgan fingerprint density at radius 2 is 1.73 bits per heavy atom. The number of carbonyl (C=O) groups excluding carboxylic acids is 1. The van der Waals surface area contributed by atoms with Gasteiger partial charge in [-0.25, -0.2) is 4.79 Å². The average molecular weight is 310 g/mol. The Kier molecular flexibility index (Phi) is 6.21. The van der Waals surface area contributed by atoms with E-state index in [9.17, 15) is 9.59 Å². The van der Waals surface area contributed by atoms with Crippen molar-refractivity contribution >= 4 is 17.8 Å². The third-order valence-corrected chi connectivity index (χ3v) is 4.74. The van der Waals surface area contributed by atoms with Crippen molar-refractivity contribution < 1.29 is 19.5 Å². The van der Waals surface area contributed by atoms with Crippen LogP contribution in [0.15, 0.2) is 5.16 Å². The largest absolute Gasteiger partial charge is 0.481 e. The molecule has 0 spiro atoms. The Labute approximate surface area is 131 Å². The van der Waals surface area contributed by atoms with Gasteiger partial charge in [0.1, 0.15) is 0 Å². The summed E-state index contributed by atoms with van der Waals surface area (Å²) >= 11 is 0. The highest BCUT2D eigenvalue weighted by Crippen LogP contribution is 2.38. The average Bonchev–Trinajstić information content (AvgIpc) is 2.52. The number of carbonyl (C=O) groups is 2. The van der Waals surface area contributed by atoms with Crippen LogP contribution in [0.3, 0.4) is 0 Å². The molecular weight excluding hydrogens is 284 g/mol. The molecule has 0 atom stereocenters. The predicted molar refractivity (Wildman–Crippen MR) is 82.8 cm³/mol. The van der Waals surface area contributed by atoms with Gasteiger partial charge in [-0.15, -0.1) is 0 Å². The zero-order valence-corrected chi connectivity index (χ0v) is 13.1. The minimum atomic E-state index is -0.806. The van der Waals surface area contributed by atoms with Gasteiger partial charge in [-0.1, -0.05) is 30.8 Å². The lowest BCUT2D eigenvalue weighted by atomic mass is 9.72. The van der Waals surface area contributed by atoms with Crippen LogP contribution in [0.2, 0.25) is 0 Å². The van der Waals surface area contributed by atoms with Crippen LogP contribution in [0, 0.1) is 5.41 Å². The number of amides is 1. The summed E-state index contributed by atoms with van der Waals surface area (Å²) < 4.78 is 0. The van der Waals surface area contributed by atoms with E-state index in [-0.39, 0.29) is 11.8 Å². The summed E-state index contributed by atoms with van der Waals surface area (Å²) in [6.07, 6.45) is 9.60. The second-order valence-electron chi connectivity index (χ2n) is 6.58. The highest BCUT2D eigenvalue weighted by molar-refractivity contribution is 5.85. The highest BCUT2D eigenvalue weighted by Gasteiger charge is 2.34. The topological polar surface area (TPSA) is 88.0 Å². The van der Waals surface area contributed by atoms with Gasteiger partial charge in [0.15, 0.2) is 0 Å². The molecule has 0 bridgehead atoms. The summed E-state index contributed by atoms with van der Waals surface area (Å²) in [5.74, 6) is -0.806. The lowest BCUT2D eigenvalue weighted by molar-refractivity contribution is -0.140. The van der Waals surface area contributed by atoms with Crippen molar-refractivity contribution in [2.45, 2.75) is 70.6 Å². The number of nitrogens with zero attached hydrogens (tertiary/aromatic N) is 1. The first-order valence-corrected chi connectivity index (χ1v) is 8.32. The molecule has 0 aliphatic heterocycles. The molecule has 1 amide bonds. The molecule has 0 unspecified atom stereocenters. The third kappa shape index (κ3) is 5.31. The Hall–Kier alpha value is -1.59. The molecule has 0 saturated heterocycles. The summed E-state index contributed by atoms with van der Waals surface area (Å²) in [4.78, 5) is 27.8. The number of carboxylic acids is 1. The minimum absolute atomic E-state index is 0.0990. The molecule has 0 aromatic heterocycles. The van der Waals surface area contributed by atoms with Crippen molar-refractivity contribution in [3.63, 3.8) is 0 Å². The Bertz CT molecular complexity index is 420. The summed E-state index contributed by atoms with van der Waals surface area (Å²) in [5.41, 5.74) is 0.612. The molecule has 2 saturated carbocycles. The number of aliphatic carboxylic acids is 1. The molecule has 124 valence electrons. The third-order valence-electron chi connectivity index (χ3n) is 4.74. The number of hydrogen-bond donors (Lipinski definition) is 2. The second kappa shape index (κ2) is 8.15. The number of carboxylic acid groups (broad SMARTS) is 1. The van der Waals surface area contributed by atoms with E-state index < -0.39 is 12.1 Å². The van der Waals surface area contributed by atoms with Crippen molar-refractivity contribution in [3.05, 3.63) is 0 Å². The van der Waals surface area contributed by atoms with E-state index in [1.165, 1.54) is 6.42 Å². The molecule has 2 aliphatic rings. The molecule has 6 heteroatoms. The van der Waals surface area contributed by atoms with E-state index in [2.05, 4.69) is 10.5 Å². The summed E-state index contributed by atoms with van der Waals surface area (Å²) in [6.45, 7) is 0.350. The monoisotopic (exact) mass is 310 g/mol. The van der Waals surface area contributed by atoms with Crippen LogP contribution in [-0.2, 0) is 9.63 Å². The molecular formula is C16H26N2O4. The smallest absolute Gasteiger partial charge is 0.433 e. The first kappa shape index (κ1) is 16.8. The van der Waals surface area contributed by atoms with Crippen molar-refractivity contribution in [2.75, 3.05) is 6.54 Å². The van der Waals surface area contributed by atoms with Crippen LogP contribution in [0.4, 0.5) is 4.79 Å². The number of hydrogen-bond acceptors (Lipinski definition) is 4. The maximum atomic E-state index is 11.8. The van der Waals surface area contributed by atoms with Crippen molar-refractivity contribution in [3.8, 4) is 0 Å². The van der Waals surface area contributed by atoms with Gasteiger partial charge in [0.25, 0.3) is 0 Å². The first-order valence-electron chi connectivity index (χ1n) is 8.32. The fourth-order valence-electron chi connectivity index (χ4n) is 3.49. The molecule has 2 fully saturated rings. The van der Waals surface area contributed by atoms with Crippen LogP contribution < -0.4 is 5.32 Å². The molecule has 2 aliphatic carbocycles. The summed E-state index contributed by atoms with van der Waals surface area (Å²) in [6, 6.07) is 0. The van der Waals surface area contributed by atoms with Gasteiger partial charge in [0.2, 0.25) is 0 Å². The molecule has 2 N–H and O–H groups in total. The SMILES string of the molecule is O=C(O)CC1(CNC(=O)ON=C2CCCCC2)CCCCC1. The van der Waals surface area contributed by atoms with Crippen molar-refractivity contribution in [1.82, 2.24) is 5.32 Å². The molecule has 0 aromatic carbocycles. The zero-order valence-electron chi connectivity index (χ0n) is 13.1. The van der Waals surface area contributed by atoms with Crippen LogP contribution >= 0.6 is 0 Å². The van der Waals surface area contributed by atoms with Crippen LogP contribution in [-0.4, -0.2) is 29.4 Å². The molecule has 6 nitrogen and oxygen atoms in total. The molecule has 22 heavy (non-hydrogen) atoms. The first-order chi connectivity index (χ1) is 10.6. The van der Waals surface area contributed by atoms with Crippen LogP contribution in [0.5, 0.6) is 0 Å². The highest BCUT2D eigenvalue weighted by atomic mass is 16.7. The minimum Gasteiger partial charge on any atom is -0.481 e. The number of rotatable bonds is 5. The van der Waals surface area contributed by atoms with Gasteiger partial charge in [0.05, 0.1) is 12.1 Å². The van der Waals surface area contributed by atoms with Gasteiger partial charge in [-0.2, -0.15) is 0 Å². The quantitative estimate of drug-likeness (QED) is 0.601. The molecule has 2 rings (SSSR count). The summed E-state index contributed by atoms with van der Waals surface area (Å²) in [5, 5.41) is 15.7. The second-order valence-corrected chi connectivity index (χ2v) is 6.58. The maximum absolute atomic E-state index is 11.8. The van der Waals surface area contributed by atoms with E-state index in [1.807, 2.05) is 0 Å². The van der Waals surface area contributed by atoms with Crippen LogP contribution in [0.25, 0.3) is 0 Å². The molecule has 0 aromatic rings. The van der Waals surface area contributed by atoms with Gasteiger partial charge in [0, 0.05) is 6.54 Å². The van der Waals surface area contributed by atoms with E-state index in [0.29, 0.717) is 6.54 Å². The number of oxime groups is 1. The normalized spacial score (nSPS) is 21.0. The lowest BCUT2D eigenvalue weighted by Crippen LogP contribution is -2.40. The van der Waals surface area contributed by atoms with Crippen molar-refractivity contribution in [1.29, 1.82) is 0 Å². The van der Waals surface area contributed by atoms with Gasteiger partial charge in [-0.3, -0.25) is 9.63 Å². The standard InChI is InChI=1S/C16H26N2O4/c19-14(20)11-16(9-5-2-6-10-16)12-17-15(21)22-18-13-7-3-1-4-8-13/h1-12H2,(H,17,21)(H,19,20). The van der Waals surface area contributed by atoms with Crippen LogP contribution in [0.1, 0.15) is 70.6 Å². The van der Waals surface area contributed by atoms with Crippen molar-refractivity contribution in [2.24, 2.45) is 10.6 Å². The zero-order chi connectivity index (χ0) is 15.8. The van der Waals surface area contributed by atoms with Gasteiger partial charge >= 0.3 is 12.1 Å². The number of nitrogens with one attached hydrogen (secondary N) is 1. The Balaban J connectivity index is 1.80. The fourth-order valence-corrected chi connectivity index (χ4v) is 3.49. The van der Waals surface area contributed by atoms with E-state index in [4.69, 9.17) is 9.94 Å². The maximum Gasteiger partial charge on any atom is 0.433 e. The van der Waals surface area contributed by atoms with E-state index in [0.717, 1.165) is 63.5 Å².